The number of ether oxygens (including phenoxy) is 1. The van der Waals surface area contributed by atoms with Gasteiger partial charge >= 0.3 is 0 Å². The molecule has 0 atom stereocenters. The van der Waals surface area contributed by atoms with Crippen LogP contribution >= 0.6 is 11.8 Å². The van der Waals surface area contributed by atoms with Crippen molar-refractivity contribution in [2.24, 2.45) is 0 Å². The van der Waals surface area contributed by atoms with Crippen LogP contribution in [0, 0.1) is 13.8 Å². The molecule has 0 aromatic heterocycles. The maximum atomic E-state index is 5.39. The van der Waals surface area contributed by atoms with Gasteiger partial charge in [0.15, 0.2) is 0 Å². The summed E-state index contributed by atoms with van der Waals surface area (Å²) in [5.41, 5.74) is 3.94. The van der Waals surface area contributed by atoms with E-state index >= 15 is 0 Å². The van der Waals surface area contributed by atoms with Gasteiger partial charge in [-0.05, 0) is 36.8 Å². The summed E-state index contributed by atoms with van der Waals surface area (Å²) < 4.78 is 5.39. The largest absolute Gasteiger partial charge is 0.496 e. The highest BCUT2D eigenvalue weighted by molar-refractivity contribution is 7.98. The van der Waals surface area contributed by atoms with Gasteiger partial charge in [0.05, 0.1) is 7.11 Å². The highest BCUT2D eigenvalue weighted by Crippen LogP contribution is 2.27. The Morgan fingerprint density at radius 2 is 2.00 bits per heavy atom. The summed E-state index contributed by atoms with van der Waals surface area (Å²) in [6, 6.07) is 4.33. The maximum Gasteiger partial charge on any atom is 0.123 e. The fraction of sp³-hybridized carbons (Fsp3) is 0.500. The molecule has 14 heavy (non-hydrogen) atoms. The molecule has 0 unspecified atom stereocenters. The minimum atomic E-state index is 1.03. The Morgan fingerprint density at radius 3 is 2.57 bits per heavy atom. The van der Waals surface area contributed by atoms with Gasteiger partial charge in [0.25, 0.3) is 0 Å². The van der Waals surface area contributed by atoms with Crippen molar-refractivity contribution in [2.45, 2.75) is 26.5 Å². The second-order valence-electron chi connectivity index (χ2n) is 3.40. The monoisotopic (exact) mass is 210 g/mol. The first-order valence-corrected chi connectivity index (χ1v) is 6.06. The first kappa shape index (κ1) is 11.4. The van der Waals surface area contributed by atoms with E-state index in [0.29, 0.717) is 0 Å². The molecular weight excluding hydrogens is 192 g/mol. The molecule has 1 nitrogen and oxygen atoms in total. The summed E-state index contributed by atoms with van der Waals surface area (Å²) in [6.07, 6.45) is 0. The third-order valence-corrected chi connectivity index (χ3v) is 3.15. The molecule has 0 aliphatic heterocycles. The lowest BCUT2D eigenvalue weighted by molar-refractivity contribution is 0.410. The number of aryl methyl sites for hydroxylation is 2. The van der Waals surface area contributed by atoms with Gasteiger partial charge in [0, 0.05) is 11.3 Å². The van der Waals surface area contributed by atoms with Crippen LogP contribution in [-0.2, 0) is 5.75 Å². The average molecular weight is 210 g/mol. The molecular formula is C12H18OS. The molecule has 1 aromatic carbocycles. The van der Waals surface area contributed by atoms with Crippen molar-refractivity contribution in [3.63, 3.8) is 0 Å². The SMILES string of the molecule is CCSCc1c(C)cc(C)cc1OC. The van der Waals surface area contributed by atoms with Crippen molar-refractivity contribution in [1.82, 2.24) is 0 Å². The maximum absolute atomic E-state index is 5.39. The first-order chi connectivity index (χ1) is 6.69. The minimum absolute atomic E-state index is 1.03. The van der Waals surface area contributed by atoms with E-state index in [1.807, 2.05) is 11.8 Å². The Hall–Kier alpha value is -0.630. The van der Waals surface area contributed by atoms with Gasteiger partial charge in [-0.1, -0.05) is 13.0 Å². The second-order valence-corrected chi connectivity index (χ2v) is 4.67. The van der Waals surface area contributed by atoms with Gasteiger partial charge in [0.2, 0.25) is 0 Å². The molecule has 0 radical (unpaired) electrons. The quantitative estimate of drug-likeness (QED) is 0.751. The van der Waals surface area contributed by atoms with Crippen molar-refractivity contribution in [2.75, 3.05) is 12.9 Å². The Kier molecular flexibility index (Phi) is 4.33. The lowest BCUT2D eigenvalue weighted by Gasteiger charge is -2.12. The van der Waals surface area contributed by atoms with E-state index in [4.69, 9.17) is 4.74 Å². The lowest BCUT2D eigenvalue weighted by atomic mass is 10.1. The topological polar surface area (TPSA) is 9.23 Å². The molecule has 78 valence electrons. The van der Waals surface area contributed by atoms with E-state index in [1.54, 1.807) is 7.11 Å². The predicted octanol–water partition coefficient (Wildman–Crippen LogP) is 3.57. The zero-order valence-electron chi connectivity index (χ0n) is 9.39. The van der Waals surface area contributed by atoms with E-state index in [9.17, 15) is 0 Å². The summed E-state index contributed by atoms with van der Waals surface area (Å²) in [5.74, 6) is 3.23. The number of hydrogen-bond donors (Lipinski definition) is 0. The number of hydrogen-bond acceptors (Lipinski definition) is 2. The highest BCUT2D eigenvalue weighted by atomic mass is 32.2. The van der Waals surface area contributed by atoms with Gasteiger partial charge in [-0.25, -0.2) is 0 Å². The number of methoxy groups -OCH3 is 1. The van der Waals surface area contributed by atoms with Crippen LogP contribution in [0.1, 0.15) is 23.6 Å². The minimum Gasteiger partial charge on any atom is -0.496 e. The number of rotatable bonds is 4. The van der Waals surface area contributed by atoms with Gasteiger partial charge in [-0.15, -0.1) is 0 Å². The van der Waals surface area contributed by atoms with Crippen LogP contribution in [0.25, 0.3) is 0 Å². The van der Waals surface area contributed by atoms with Gasteiger partial charge in [0.1, 0.15) is 5.75 Å². The summed E-state index contributed by atoms with van der Waals surface area (Å²) in [4.78, 5) is 0. The highest BCUT2D eigenvalue weighted by Gasteiger charge is 2.06. The van der Waals surface area contributed by atoms with Crippen LogP contribution in [0.15, 0.2) is 12.1 Å². The Bertz CT molecular complexity index is 307. The predicted molar refractivity (Wildman–Crippen MR) is 64.3 cm³/mol. The van der Waals surface area contributed by atoms with E-state index in [2.05, 4.69) is 32.9 Å². The van der Waals surface area contributed by atoms with E-state index < -0.39 is 0 Å². The third-order valence-electron chi connectivity index (χ3n) is 2.25. The van der Waals surface area contributed by atoms with Crippen LogP contribution in [0.4, 0.5) is 0 Å². The van der Waals surface area contributed by atoms with Crippen LogP contribution in [0.2, 0.25) is 0 Å². The van der Waals surface area contributed by atoms with E-state index in [1.165, 1.54) is 16.7 Å². The standard InChI is InChI=1S/C12H18OS/c1-5-14-8-11-10(3)6-9(2)7-12(11)13-4/h6-7H,5,8H2,1-4H3. The summed E-state index contributed by atoms with van der Waals surface area (Å²) >= 11 is 1.93. The van der Waals surface area contributed by atoms with E-state index in [-0.39, 0.29) is 0 Å². The average Bonchev–Trinajstić information content (AvgIpc) is 2.15. The molecule has 0 N–H and O–H groups in total. The molecule has 0 aliphatic rings. The molecule has 0 saturated carbocycles. The van der Waals surface area contributed by atoms with Crippen LogP contribution in [0.5, 0.6) is 5.75 Å². The number of thioether (sulfide) groups is 1. The van der Waals surface area contributed by atoms with Crippen LogP contribution < -0.4 is 4.74 Å². The molecule has 0 spiro atoms. The van der Waals surface area contributed by atoms with Crippen LogP contribution in [0.3, 0.4) is 0 Å². The molecule has 1 rings (SSSR count). The zero-order valence-corrected chi connectivity index (χ0v) is 10.2. The molecule has 1 aromatic rings. The molecule has 0 saturated heterocycles. The fourth-order valence-corrected chi connectivity index (χ4v) is 2.31. The normalized spacial score (nSPS) is 10.3. The smallest absolute Gasteiger partial charge is 0.123 e. The molecule has 0 aliphatic carbocycles. The molecule has 0 heterocycles. The molecule has 2 heteroatoms. The Morgan fingerprint density at radius 1 is 1.29 bits per heavy atom. The lowest BCUT2D eigenvalue weighted by Crippen LogP contribution is -1.95. The molecule has 0 bridgehead atoms. The van der Waals surface area contributed by atoms with Gasteiger partial charge in [-0.2, -0.15) is 11.8 Å². The summed E-state index contributed by atoms with van der Waals surface area (Å²) in [6.45, 7) is 6.44. The Balaban J connectivity index is 2.99. The molecule has 0 amide bonds. The number of benzene rings is 1. The van der Waals surface area contributed by atoms with Crippen LogP contribution in [-0.4, -0.2) is 12.9 Å². The van der Waals surface area contributed by atoms with Crippen molar-refractivity contribution in [1.29, 1.82) is 0 Å². The van der Waals surface area contributed by atoms with Gasteiger partial charge in [-0.3, -0.25) is 0 Å². The van der Waals surface area contributed by atoms with Crippen molar-refractivity contribution >= 4 is 11.8 Å². The zero-order chi connectivity index (χ0) is 10.6. The van der Waals surface area contributed by atoms with Gasteiger partial charge < -0.3 is 4.74 Å². The summed E-state index contributed by atoms with van der Waals surface area (Å²) in [7, 11) is 1.74. The third kappa shape index (κ3) is 2.68. The van der Waals surface area contributed by atoms with E-state index in [0.717, 1.165) is 17.3 Å². The first-order valence-electron chi connectivity index (χ1n) is 4.91. The molecule has 0 fully saturated rings. The second kappa shape index (κ2) is 5.30. The van der Waals surface area contributed by atoms with Crippen molar-refractivity contribution < 1.29 is 4.74 Å². The Labute approximate surface area is 90.9 Å². The fourth-order valence-electron chi connectivity index (χ4n) is 1.53. The van der Waals surface area contributed by atoms with Crippen molar-refractivity contribution in [3.8, 4) is 5.75 Å². The van der Waals surface area contributed by atoms with Crippen molar-refractivity contribution in [3.05, 3.63) is 28.8 Å². The summed E-state index contributed by atoms with van der Waals surface area (Å²) in [5, 5.41) is 0.